The van der Waals surface area contributed by atoms with E-state index in [-0.39, 0.29) is 6.10 Å². The average Bonchev–Trinajstić information content (AvgIpc) is 2.16. The fourth-order valence-electron chi connectivity index (χ4n) is 1.07. The van der Waals surface area contributed by atoms with Crippen LogP contribution in [-0.4, -0.2) is 16.6 Å². The largest absolute Gasteiger partial charge is 0.416 e. The first-order valence-corrected chi connectivity index (χ1v) is 4.60. The maximum atomic E-state index is 4.98. The van der Waals surface area contributed by atoms with Crippen LogP contribution in [-0.2, 0) is 10.8 Å². The zero-order chi connectivity index (χ0) is 8.81. The van der Waals surface area contributed by atoms with Gasteiger partial charge in [-0.3, -0.25) is 0 Å². The summed E-state index contributed by atoms with van der Waals surface area (Å²) < 4.78 is 4.98. The minimum atomic E-state index is 0.280. The van der Waals surface area contributed by atoms with E-state index in [1.165, 1.54) is 5.56 Å². The lowest BCUT2D eigenvalue weighted by Gasteiger charge is -2.08. The van der Waals surface area contributed by atoms with E-state index in [9.17, 15) is 0 Å². The van der Waals surface area contributed by atoms with E-state index in [0.29, 0.717) is 0 Å². The smallest absolute Gasteiger partial charge is 0.246 e. The lowest BCUT2D eigenvalue weighted by molar-refractivity contribution is 0.232. The molecule has 2 heteroatoms. The van der Waals surface area contributed by atoms with Crippen molar-refractivity contribution in [1.82, 2.24) is 0 Å². The molecule has 0 amide bonds. The molecule has 0 heterocycles. The summed E-state index contributed by atoms with van der Waals surface area (Å²) in [5, 5.41) is 0. The van der Waals surface area contributed by atoms with Crippen LogP contribution in [0.2, 0.25) is 0 Å². The fourth-order valence-corrected chi connectivity index (χ4v) is 1.19. The topological polar surface area (TPSA) is 9.23 Å². The van der Waals surface area contributed by atoms with Gasteiger partial charge in [0.05, 0.1) is 0 Å². The summed E-state index contributed by atoms with van der Waals surface area (Å²) in [4.78, 5) is 0. The number of aryl methyl sites for hydroxylation is 1. The van der Waals surface area contributed by atoms with Crippen LogP contribution in [0.3, 0.4) is 0 Å². The van der Waals surface area contributed by atoms with Gasteiger partial charge >= 0.3 is 0 Å². The Kier molecular flexibility index (Phi) is 4.04. The Bertz CT molecular complexity index is 210. The summed E-state index contributed by atoms with van der Waals surface area (Å²) in [6, 6.07) is 10.4. The van der Waals surface area contributed by atoms with Gasteiger partial charge in [0.2, 0.25) is 10.5 Å². The first-order valence-electron chi connectivity index (χ1n) is 4.19. The van der Waals surface area contributed by atoms with E-state index >= 15 is 0 Å². The molecule has 0 saturated carbocycles. The average molecular weight is 177 g/mol. The monoisotopic (exact) mass is 177 g/mol. The zero-order valence-electron chi connectivity index (χ0n) is 7.29. The molecule has 0 aliphatic heterocycles. The van der Waals surface area contributed by atoms with Crippen LogP contribution in [0, 0.1) is 0 Å². The van der Waals surface area contributed by atoms with E-state index < -0.39 is 0 Å². The van der Waals surface area contributed by atoms with Gasteiger partial charge in [-0.1, -0.05) is 30.3 Å². The van der Waals surface area contributed by atoms with Crippen LogP contribution in [0.5, 0.6) is 0 Å². The molecule has 1 rings (SSSR count). The third kappa shape index (κ3) is 3.20. The first kappa shape index (κ1) is 9.48. The third-order valence-electron chi connectivity index (χ3n) is 1.88. The maximum Gasteiger partial charge on any atom is 0.246 e. The molecule has 63 valence electrons. The Morgan fingerprint density at radius 2 is 2.00 bits per heavy atom. The molecule has 0 spiro atoms. The predicted octanol–water partition coefficient (Wildman–Crippen LogP) is 2.11. The minimum absolute atomic E-state index is 0.280. The van der Waals surface area contributed by atoms with Crippen LogP contribution >= 0.6 is 0 Å². The predicted molar refractivity (Wildman–Crippen MR) is 51.1 cm³/mol. The fraction of sp³-hybridized carbons (Fsp3) is 0.400. The highest BCUT2D eigenvalue weighted by atomic mass is 28.2. The molecule has 0 bridgehead atoms. The zero-order valence-corrected chi connectivity index (χ0v) is 8.29. The lowest BCUT2D eigenvalue weighted by atomic mass is 10.1. The molecule has 1 atom stereocenters. The molecule has 12 heavy (non-hydrogen) atoms. The molecule has 1 aromatic carbocycles. The summed E-state index contributed by atoms with van der Waals surface area (Å²) in [6.07, 6.45) is 2.40. The van der Waals surface area contributed by atoms with Gasteiger partial charge in [-0.2, -0.15) is 0 Å². The number of benzene rings is 1. The summed E-state index contributed by atoms with van der Waals surface area (Å²) in [6.45, 7) is 2.05. The van der Waals surface area contributed by atoms with E-state index in [2.05, 4.69) is 41.7 Å². The van der Waals surface area contributed by atoms with Crippen LogP contribution in [0.4, 0.5) is 0 Å². The molecule has 0 N–H and O–H groups in total. The summed E-state index contributed by atoms with van der Waals surface area (Å²) >= 11 is 0. The van der Waals surface area contributed by atoms with Crippen LogP contribution in [0.1, 0.15) is 18.9 Å². The standard InChI is InChI=1S/C10H13OSi/c1-9(11-12)7-8-10-5-3-2-4-6-10/h2-6,9H,7-8H2,1H3. The SMILES string of the molecule is CC(CCc1ccccc1)O[Si]. The molecule has 0 saturated heterocycles. The van der Waals surface area contributed by atoms with Crippen molar-refractivity contribution in [2.24, 2.45) is 0 Å². The van der Waals surface area contributed by atoms with Gasteiger partial charge < -0.3 is 4.43 Å². The number of hydrogen-bond donors (Lipinski definition) is 0. The van der Waals surface area contributed by atoms with Gasteiger partial charge in [0.15, 0.2) is 0 Å². The van der Waals surface area contributed by atoms with Crippen molar-refractivity contribution in [1.29, 1.82) is 0 Å². The van der Waals surface area contributed by atoms with Crippen molar-refractivity contribution in [2.75, 3.05) is 0 Å². The number of hydrogen-bond acceptors (Lipinski definition) is 1. The molecule has 3 radical (unpaired) electrons. The van der Waals surface area contributed by atoms with Crippen molar-refractivity contribution in [3.8, 4) is 0 Å². The molecule has 0 fully saturated rings. The summed E-state index contributed by atoms with van der Waals surface area (Å²) in [7, 11) is 3.03. The molecule has 0 aliphatic carbocycles. The van der Waals surface area contributed by atoms with Crippen LogP contribution in [0.15, 0.2) is 30.3 Å². The van der Waals surface area contributed by atoms with Crippen molar-refractivity contribution in [3.05, 3.63) is 35.9 Å². The van der Waals surface area contributed by atoms with E-state index in [1.807, 2.05) is 6.07 Å². The molecular formula is C10H13OSi. The Balaban J connectivity index is 2.33. The highest BCUT2D eigenvalue weighted by Gasteiger charge is 1.98. The Morgan fingerprint density at radius 3 is 2.58 bits per heavy atom. The van der Waals surface area contributed by atoms with Gasteiger partial charge in [0.25, 0.3) is 0 Å². The molecule has 0 aliphatic rings. The maximum absolute atomic E-state index is 4.98. The Hall–Kier alpha value is -0.603. The number of rotatable bonds is 4. The summed E-state index contributed by atoms with van der Waals surface area (Å²) in [5.41, 5.74) is 1.37. The van der Waals surface area contributed by atoms with E-state index in [1.54, 1.807) is 0 Å². The Morgan fingerprint density at radius 1 is 1.33 bits per heavy atom. The molecule has 1 aromatic rings. The highest BCUT2D eigenvalue weighted by Crippen LogP contribution is 2.05. The molecule has 0 aromatic heterocycles. The van der Waals surface area contributed by atoms with Gasteiger partial charge in [0.1, 0.15) is 0 Å². The second-order valence-corrected chi connectivity index (χ2v) is 3.19. The van der Waals surface area contributed by atoms with Gasteiger partial charge in [-0.25, -0.2) is 0 Å². The normalized spacial score (nSPS) is 12.8. The molecule has 1 nitrogen and oxygen atoms in total. The first-order chi connectivity index (χ1) is 5.83. The van der Waals surface area contributed by atoms with Gasteiger partial charge in [-0.05, 0) is 25.3 Å². The highest BCUT2D eigenvalue weighted by molar-refractivity contribution is 5.98. The van der Waals surface area contributed by atoms with Crippen molar-refractivity contribution in [3.63, 3.8) is 0 Å². The molecular weight excluding hydrogens is 164 g/mol. The second kappa shape index (κ2) is 5.12. The third-order valence-corrected chi connectivity index (χ3v) is 2.29. The quantitative estimate of drug-likeness (QED) is 0.640. The summed E-state index contributed by atoms with van der Waals surface area (Å²) in [5.74, 6) is 0. The lowest BCUT2D eigenvalue weighted by Crippen LogP contribution is -2.06. The van der Waals surface area contributed by atoms with E-state index in [4.69, 9.17) is 4.43 Å². The van der Waals surface area contributed by atoms with Gasteiger partial charge in [0, 0.05) is 6.10 Å². The van der Waals surface area contributed by atoms with Crippen LogP contribution < -0.4 is 0 Å². The van der Waals surface area contributed by atoms with Crippen molar-refractivity contribution < 1.29 is 4.43 Å². The second-order valence-electron chi connectivity index (χ2n) is 2.95. The molecule has 1 unspecified atom stereocenters. The van der Waals surface area contributed by atoms with Crippen molar-refractivity contribution in [2.45, 2.75) is 25.9 Å². The van der Waals surface area contributed by atoms with E-state index in [0.717, 1.165) is 12.8 Å². The van der Waals surface area contributed by atoms with Crippen molar-refractivity contribution >= 4 is 10.5 Å². The Labute approximate surface area is 77.3 Å². The van der Waals surface area contributed by atoms with Crippen LogP contribution in [0.25, 0.3) is 0 Å². The van der Waals surface area contributed by atoms with Gasteiger partial charge in [-0.15, -0.1) is 0 Å². The minimum Gasteiger partial charge on any atom is -0.416 e.